The third-order valence-corrected chi connectivity index (χ3v) is 3.75. The number of carboxylic acid groups (broad SMARTS) is 1. The van der Waals surface area contributed by atoms with Gasteiger partial charge in [0.1, 0.15) is 5.82 Å². The molecule has 1 N–H and O–H groups in total. The summed E-state index contributed by atoms with van der Waals surface area (Å²) in [5.74, 6) is 0.151. The highest BCUT2D eigenvalue weighted by Gasteiger charge is 2.22. The molecule has 0 saturated carbocycles. The second-order valence-corrected chi connectivity index (χ2v) is 5.51. The third kappa shape index (κ3) is 3.36. The summed E-state index contributed by atoms with van der Waals surface area (Å²) in [6.45, 7) is 3.06. The number of pyridine rings is 1. The maximum Gasteiger partial charge on any atom is 0.356 e. The zero-order valence-corrected chi connectivity index (χ0v) is 11.9. The number of halogens is 1. The van der Waals surface area contributed by atoms with Crippen molar-refractivity contribution in [3.63, 3.8) is 0 Å². The van der Waals surface area contributed by atoms with Crippen LogP contribution in [0.4, 0.5) is 5.82 Å². The summed E-state index contributed by atoms with van der Waals surface area (Å²) in [6, 6.07) is 3.35. The van der Waals surface area contributed by atoms with E-state index < -0.39 is 5.97 Å². The summed E-state index contributed by atoms with van der Waals surface area (Å²) >= 11 is 5.82. The number of hydrogen-bond donors (Lipinski definition) is 1. The minimum absolute atomic E-state index is 0.0884. The first-order valence-corrected chi connectivity index (χ1v) is 6.64. The van der Waals surface area contributed by atoms with Crippen LogP contribution in [0.3, 0.4) is 0 Å². The smallest absolute Gasteiger partial charge is 0.356 e. The highest BCUT2D eigenvalue weighted by molar-refractivity contribution is 6.33. The Bertz CT molecular complexity index is 481. The Kier molecular flexibility index (Phi) is 4.27. The highest BCUT2D eigenvalue weighted by atomic mass is 35.5. The molecule has 0 aromatic carbocycles. The molecule has 1 aromatic rings. The first-order valence-electron chi connectivity index (χ1n) is 6.27. The molecule has 19 heavy (non-hydrogen) atoms. The predicted molar refractivity (Wildman–Crippen MR) is 75.1 cm³/mol. The van der Waals surface area contributed by atoms with Crippen molar-refractivity contribution >= 4 is 23.4 Å². The molecule has 6 heteroatoms. The van der Waals surface area contributed by atoms with Gasteiger partial charge in [-0.1, -0.05) is 11.6 Å². The van der Waals surface area contributed by atoms with Crippen molar-refractivity contribution in [1.29, 1.82) is 0 Å². The lowest BCUT2D eigenvalue weighted by atomic mass is 10.1. The van der Waals surface area contributed by atoms with Gasteiger partial charge in [-0.25, -0.2) is 9.78 Å². The van der Waals surface area contributed by atoms with E-state index in [1.54, 1.807) is 12.1 Å². The Morgan fingerprint density at radius 1 is 1.63 bits per heavy atom. The molecule has 2 heterocycles. The molecule has 0 spiro atoms. The SMILES string of the molecule is CN1CCC(CN(C)c2ccc(Cl)c(C(=O)O)n2)C1. The van der Waals surface area contributed by atoms with Crippen molar-refractivity contribution in [2.24, 2.45) is 5.92 Å². The fourth-order valence-corrected chi connectivity index (χ4v) is 2.64. The Labute approximate surface area is 117 Å². The largest absolute Gasteiger partial charge is 0.476 e. The Balaban J connectivity index is 2.08. The van der Waals surface area contributed by atoms with Gasteiger partial charge >= 0.3 is 5.97 Å². The normalized spacial score (nSPS) is 19.6. The summed E-state index contributed by atoms with van der Waals surface area (Å²) < 4.78 is 0. The lowest BCUT2D eigenvalue weighted by Gasteiger charge is -2.22. The molecule has 1 unspecified atom stereocenters. The first-order chi connectivity index (χ1) is 8.97. The summed E-state index contributed by atoms with van der Waals surface area (Å²) in [4.78, 5) is 19.4. The molecule has 0 radical (unpaired) electrons. The van der Waals surface area contributed by atoms with Crippen LogP contribution in [0, 0.1) is 5.92 Å². The molecule has 104 valence electrons. The van der Waals surface area contributed by atoms with E-state index in [-0.39, 0.29) is 10.7 Å². The average molecular weight is 284 g/mol. The van der Waals surface area contributed by atoms with Crippen molar-refractivity contribution in [3.05, 3.63) is 22.8 Å². The molecule has 1 saturated heterocycles. The van der Waals surface area contributed by atoms with Gasteiger partial charge in [0.2, 0.25) is 0 Å². The van der Waals surface area contributed by atoms with E-state index in [0.717, 1.165) is 19.6 Å². The molecule has 0 bridgehead atoms. The first kappa shape index (κ1) is 14.1. The van der Waals surface area contributed by atoms with Crippen LogP contribution in [0.1, 0.15) is 16.9 Å². The minimum atomic E-state index is -1.10. The number of hydrogen-bond acceptors (Lipinski definition) is 4. The van der Waals surface area contributed by atoms with Crippen LogP contribution in [0.2, 0.25) is 5.02 Å². The van der Waals surface area contributed by atoms with E-state index in [2.05, 4.69) is 16.9 Å². The molecule has 1 atom stereocenters. The van der Waals surface area contributed by atoms with Gasteiger partial charge in [-0.15, -0.1) is 0 Å². The number of anilines is 1. The zero-order chi connectivity index (χ0) is 14.0. The number of nitrogens with zero attached hydrogens (tertiary/aromatic N) is 3. The topological polar surface area (TPSA) is 56.7 Å². The lowest BCUT2D eigenvalue weighted by Crippen LogP contribution is -2.28. The van der Waals surface area contributed by atoms with Crippen molar-refractivity contribution in [3.8, 4) is 0 Å². The molecule has 1 aliphatic rings. The number of rotatable bonds is 4. The van der Waals surface area contributed by atoms with Crippen LogP contribution >= 0.6 is 11.6 Å². The Morgan fingerprint density at radius 2 is 2.37 bits per heavy atom. The average Bonchev–Trinajstić information content (AvgIpc) is 2.74. The van der Waals surface area contributed by atoms with E-state index in [1.165, 1.54) is 6.42 Å². The van der Waals surface area contributed by atoms with Crippen LogP contribution in [-0.4, -0.2) is 54.7 Å². The number of carbonyl (C=O) groups is 1. The van der Waals surface area contributed by atoms with Crippen LogP contribution in [0.15, 0.2) is 12.1 Å². The van der Waals surface area contributed by atoms with E-state index in [9.17, 15) is 4.79 Å². The van der Waals surface area contributed by atoms with E-state index in [0.29, 0.717) is 11.7 Å². The number of carboxylic acids is 1. The zero-order valence-electron chi connectivity index (χ0n) is 11.1. The van der Waals surface area contributed by atoms with Crippen LogP contribution in [0.5, 0.6) is 0 Å². The fourth-order valence-electron chi connectivity index (χ4n) is 2.45. The van der Waals surface area contributed by atoms with Crippen LogP contribution < -0.4 is 4.90 Å². The molecular weight excluding hydrogens is 266 g/mol. The maximum atomic E-state index is 11.0. The van der Waals surface area contributed by atoms with Gasteiger partial charge in [0, 0.05) is 20.1 Å². The molecule has 0 aliphatic carbocycles. The van der Waals surface area contributed by atoms with Gasteiger partial charge in [0.05, 0.1) is 5.02 Å². The fraction of sp³-hybridized carbons (Fsp3) is 0.538. The predicted octanol–water partition coefficient (Wildman–Crippen LogP) is 1.82. The van der Waals surface area contributed by atoms with Gasteiger partial charge in [0.15, 0.2) is 5.69 Å². The van der Waals surface area contributed by atoms with Gasteiger partial charge in [-0.05, 0) is 38.1 Å². The number of aromatic carboxylic acids is 1. The molecule has 1 aliphatic heterocycles. The molecule has 1 aromatic heterocycles. The molecule has 1 fully saturated rings. The lowest BCUT2D eigenvalue weighted by molar-refractivity contribution is 0.0691. The van der Waals surface area contributed by atoms with Gasteiger partial charge in [0.25, 0.3) is 0 Å². The summed E-state index contributed by atoms with van der Waals surface area (Å²) in [5, 5.41) is 9.19. The van der Waals surface area contributed by atoms with E-state index >= 15 is 0 Å². The van der Waals surface area contributed by atoms with Crippen molar-refractivity contribution in [1.82, 2.24) is 9.88 Å². The number of aromatic nitrogens is 1. The maximum absolute atomic E-state index is 11.0. The van der Waals surface area contributed by atoms with Crippen molar-refractivity contribution < 1.29 is 9.90 Å². The van der Waals surface area contributed by atoms with Gasteiger partial charge in [-0.3, -0.25) is 0 Å². The molecular formula is C13H18ClN3O2. The second kappa shape index (κ2) is 5.75. The van der Waals surface area contributed by atoms with E-state index in [1.807, 2.05) is 11.9 Å². The monoisotopic (exact) mass is 283 g/mol. The van der Waals surface area contributed by atoms with E-state index in [4.69, 9.17) is 16.7 Å². The Morgan fingerprint density at radius 3 is 2.95 bits per heavy atom. The summed E-state index contributed by atoms with van der Waals surface area (Å²) in [6.07, 6.45) is 1.17. The van der Waals surface area contributed by atoms with Gasteiger partial charge < -0.3 is 14.9 Å². The quantitative estimate of drug-likeness (QED) is 0.913. The minimum Gasteiger partial charge on any atom is -0.476 e. The van der Waals surface area contributed by atoms with Gasteiger partial charge in [-0.2, -0.15) is 0 Å². The molecule has 5 nitrogen and oxygen atoms in total. The summed E-state index contributed by atoms with van der Waals surface area (Å²) in [5.41, 5.74) is -0.0884. The summed E-state index contributed by atoms with van der Waals surface area (Å²) in [7, 11) is 4.04. The van der Waals surface area contributed by atoms with Crippen LogP contribution in [-0.2, 0) is 0 Å². The molecule has 2 rings (SSSR count). The molecule has 0 amide bonds. The Hall–Kier alpha value is -1.33. The van der Waals surface area contributed by atoms with Crippen LogP contribution in [0.25, 0.3) is 0 Å². The highest BCUT2D eigenvalue weighted by Crippen LogP contribution is 2.21. The third-order valence-electron chi connectivity index (χ3n) is 3.45. The second-order valence-electron chi connectivity index (χ2n) is 5.10. The standard InChI is InChI=1S/C13H18ClN3O2/c1-16-6-5-9(7-16)8-17(2)11-4-3-10(14)12(15-11)13(18)19/h3-4,9H,5-8H2,1-2H3,(H,18,19). The van der Waals surface area contributed by atoms with Crippen molar-refractivity contribution in [2.75, 3.05) is 38.6 Å². The number of likely N-dealkylation sites (tertiary alicyclic amines) is 1. The van der Waals surface area contributed by atoms with Crippen molar-refractivity contribution in [2.45, 2.75) is 6.42 Å².